The molecule has 11 heteroatoms. The summed E-state index contributed by atoms with van der Waals surface area (Å²) < 4.78 is 45.3. The minimum Gasteiger partial charge on any atom is -0.452 e. The summed E-state index contributed by atoms with van der Waals surface area (Å²) in [5.41, 5.74) is 1.52. The summed E-state index contributed by atoms with van der Waals surface area (Å²) in [6, 6.07) is 9.28. The van der Waals surface area contributed by atoms with Crippen LogP contribution in [0.25, 0.3) is 0 Å². The molecule has 1 aliphatic heterocycles. The largest absolute Gasteiger partial charge is 0.573 e. The minimum atomic E-state index is -4.83. The molecule has 1 heterocycles. The van der Waals surface area contributed by atoms with Crippen LogP contribution in [-0.2, 0) is 14.3 Å². The molecule has 0 spiro atoms. The van der Waals surface area contributed by atoms with Gasteiger partial charge in [-0.2, -0.15) is 0 Å². The first-order valence-corrected chi connectivity index (χ1v) is 9.77. The van der Waals surface area contributed by atoms with Gasteiger partial charge >= 0.3 is 12.3 Å². The normalized spacial score (nSPS) is 14.0. The minimum absolute atomic E-state index is 0.166. The number of hydrogen-bond donors (Lipinski definition) is 1. The first-order valence-electron chi connectivity index (χ1n) is 9.77. The number of rotatable bonds is 7. The Labute approximate surface area is 186 Å². The summed E-state index contributed by atoms with van der Waals surface area (Å²) in [6.45, 7) is 2.88. The highest BCUT2D eigenvalue weighted by molar-refractivity contribution is 6.21. The van der Waals surface area contributed by atoms with Crippen LogP contribution in [0.4, 0.5) is 18.9 Å². The Hall–Kier alpha value is -3.89. The van der Waals surface area contributed by atoms with Gasteiger partial charge in [0.1, 0.15) is 5.75 Å². The molecule has 0 fully saturated rings. The molecule has 1 aliphatic rings. The number of esters is 1. The Morgan fingerprint density at radius 1 is 1.03 bits per heavy atom. The predicted octanol–water partition coefficient (Wildman–Crippen LogP) is 3.45. The molecule has 3 amide bonds. The van der Waals surface area contributed by atoms with Crippen molar-refractivity contribution >= 4 is 29.4 Å². The average Bonchev–Trinajstić information content (AvgIpc) is 2.96. The van der Waals surface area contributed by atoms with E-state index in [1.54, 1.807) is 25.1 Å². The molecule has 0 saturated heterocycles. The number of nitrogens with one attached hydrogen (secondary N) is 1. The third-order valence-corrected chi connectivity index (χ3v) is 4.70. The Kier molecular flexibility index (Phi) is 6.70. The zero-order valence-electron chi connectivity index (χ0n) is 17.6. The molecule has 0 saturated carbocycles. The Balaban J connectivity index is 1.49. The SMILES string of the molecule is Cc1ccc2c(c1)C(=O)N(CCC(=O)OC(C)C(=O)Nc1ccc(OC(F)(F)F)cc1)C2=O. The van der Waals surface area contributed by atoms with Crippen LogP contribution in [0.5, 0.6) is 5.75 Å². The van der Waals surface area contributed by atoms with E-state index in [4.69, 9.17) is 4.74 Å². The number of carbonyl (C=O) groups excluding carboxylic acids is 4. The molecular formula is C22H19F3N2O6. The highest BCUT2D eigenvalue weighted by Gasteiger charge is 2.35. The molecule has 8 nitrogen and oxygen atoms in total. The van der Waals surface area contributed by atoms with Crippen molar-refractivity contribution in [1.82, 2.24) is 4.90 Å². The Bertz CT molecular complexity index is 1100. The molecule has 0 bridgehead atoms. The van der Waals surface area contributed by atoms with E-state index in [1.165, 1.54) is 19.1 Å². The number of ether oxygens (including phenoxy) is 2. The number of imide groups is 1. The van der Waals surface area contributed by atoms with Gasteiger partial charge in [0, 0.05) is 12.2 Å². The molecule has 2 aromatic rings. The highest BCUT2D eigenvalue weighted by Crippen LogP contribution is 2.25. The number of amides is 3. The zero-order valence-corrected chi connectivity index (χ0v) is 17.6. The van der Waals surface area contributed by atoms with Crippen LogP contribution in [0.2, 0.25) is 0 Å². The number of fused-ring (bicyclic) bond motifs is 1. The molecule has 1 atom stereocenters. The van der Waals surface area contributed by atoms with E-state index in [0.29, 0.717) is 0 Å². The monoisotopic (exact) mass is 464 g/mol. The number of halogens is 3. The fourth-order valence-corrected chi connectivity index (χ4v) is 3.10. The van der Waals surface area contributed by atoms with E-state index >= 15 is 0 Å². The number of carbonyl (C=O) groups is 4. The summed E-state index contributed by atoms with van der Waals surface area (Å²) in [7, 11) is 0. The van der Waals surface area contributed by atoms with Gasteiger partial charge in [0.15, 0.2) is 6.10 Å². The van der Waals surface area contributed by atoms with Crippen molar-refractivity contribution in [3.05, 3.63) is 59.2 Å². The molecule has 33 heavy (non-hydrogen) atoms. The quantitative estimate of drug-likeness (QED) is 0.498. The topological polar surface area (TPSA) is 102 Å². The van der Waals surface area contributed by atoms with E-state index < -0.39 is 41.9 Å². The predicted molar refractivity (Wildman–Crippen MR) is 108 cm³/mol. The number of alkyl halides is 3. The molecule has 1 N–H and O–H groups in total. The van der Waals surface area contributed by atoms with Crippen molar-refractivity contribution in [1.29, 1.82) is 0 Å². The third kappa shape index (κ3) is 5.88. The van der Waals surface area contributed by atoms with Crippen LogP contribution in [0.3, 0.4) is 0 Å². The number of nitrogens with zero attached hydrogens (tertiary/aromatic N) is 1. The van der Waals surface area contributed by atoms with Crippen molar-refractivity contribution in [2.45, 2.75) is 32.7 Å². The molecule has 0 aromatic heterocycles. The van der Waals surface area contributed by atoms with Crippen LogP contribution < -0.4 is 10.1 Å². The van der Waals surface area contributed by atoms with Gasteiger partial charge in [-0.05, 0) is 50.2 Å². The van der Waals surface area contributed by atoms with Crippen molar-refractivity contribution in [2.75, 3.05) is 11.9 Å². The van der Waals surface area contributed by atoms with Gasteiger partial charge in [-0.25, -0.2) is 0 Å². The van der Waals surface area contributed by atoms with Gasteiger partial charge < -0.3 is 14.8 Å². The number of aryl methyl sites for hydroxylation is 1. The smallest absolute Gasteiger partial charge is 0.452 e. The molecule has 0 radical (unpaired) electrons. The lowest BCUT2D eigenvalue weighted by molar-refractivity contribution is -0.274. The lowest BCUT2D eigenvalue weighted by atomic mass is 10.1. The fourth-order valence-electron chi connectivity index (χ4n) is 3.10. The van der Waals surface area contributed by atoms with Crippen molar-refractivity contribution in [2.24, 2.45) is 0 Å². The second-order valence-corrected chi connectivity index (χ2v) is 7.25. The second kappa shape index (κ2) is 9.31. The average molecular weight is 464 g/mol. The highest BCUT2D eigenvalue weighted by atomic mass is 19.4. The Morgan fingerprint density at radius 3 is 2.30 bits per heavy atom. The van der Waals surface area contributed by atoms with Gasteiger partial charge in [-0.1, -0.05) is 11.6 Å². The van der Waals surface area contributed by atoms with Crippen molar-refractivity contribution in [3.63, 3.8) is 0 Å². The van der Waals surface area contributed by atoms with Crippen molar-refractivity contribution < 1.29 is 41.8 Å². The standard InChI is InChI=1S/C22H19F3N2O6/c1-12-3-8-16-17(11-12)21(31)27(20(16)30)10-9-18(28)32-13(2)19(29)26-14-4-6-15(7-5-14)33-22(23,24)25/h3-8,11,13H,9-10H2,1-2H3,(H,26,29). The van der Waals surface area contributed by atoms with Gasteiger partial charge in [0.2, 0.25) is 0 Å². The lowest BCUT2D eigenvalue weighted by Crippen LogP contribution is -2.34. The van der Waals surface area contributed by atoms with Crippen LogP contribution in [-0.4, -0.2) is 47.6 Å². The first-order chi connectivity index (χ1) is 15.4. The number of benzene rings is 2. The lowest BCUT2D eigenvalue weighted by Gasteiger charge is -2.16. The van der Waals surface area contributed by atoms with Crippen LogP contribution in [0.1, 0.15) is 39.6 Å². The summed E-state index contributed by atoms with van der Waals surface area (Å²) in [4.78, 5) is 50.1. The zero-order chi connectivity index (χ0) is 24.3. The summed E-state index contributed by atoms with van der Waals surface area (Å²) >= 11 is 0. The third-order valence-electron chi connectivity index (χ3n) is 4.70. The maximum atomic E-state index is 12.4. The number of anilines is 1. The van der Waals surface area contributed by atoms with Gasteiger partial charge in [-0.3, -0.25) is 24.1 Å². The van der Waals surface area contributed by atoms with Crippen LogP contribution in [0, 0.1) is 6.92 Å². The molecule has 3 rings (SSSR count). The molecule has 2 aromatic carbocycles. The van der Waals surface area contributed by atoms with Gasteiger partial charge in [0.25, 0.3) is 17.7 Å². The molecule has 174 valence electrons. The molecule has 0 aliphatic carbocycles. The van der Waals surface area contributed by atoms with E-state index in [1.807, 2.05) is 0 Å². The summed E-state index contributed by atoms with van der Waals surface area (Å²) in [5.74, 6) is -2.99. The Morgan fingerprint density at radius 2 is 1.67 bits per heavy atom. The first kappa shape index (κ1) is 23.8. The van der Waals surface area contributed by atoms with Gasteiger partial charge in [-0.15, -0.1) is 13.2 Å². The molecule has 1 unspecified atom stereocenters. The van der Waals surface area contributed by atoms with Crippen molar-refractivity contribution in [3.8, 4) is 5.75 Å². The fraction of sp³-hybridized carbons (Fsp3) is 0.273. The maximum absolute atomic E-state index is 12.4. The summed E-state index contributed by atoms with van der Waals surface area (Å²) in [5, 5.41) is 2.39. The van der Waals surface area contributed by atoms with Gasteiger partial charge in [0.05, 0.1) is 17.5 Å². The van der Waals surface area contributed by atoms with E-state index in [9.17, 15) is 32.3 Å². The molecular weight excluding hydrogens is 445 g/mol. The van der Waals surface area contributed by atoms with E-state index in [2.05, 4.69) is 10.1 Å². The van der Waals surface area contributed by atoms with E-state index in [-0.39, 0.29) is 29.8 Å². The second-order valence-electron chi connectivity index (χ2n) is 7.25. The summed E-state index contributed by atoms with van der Waals surface area (Å²) in [6.07, 6.45) is -6.38. The van der Waals surface area contributed by atoms with Crippen LogP contribution >= 0.6 is 0 Å². The van der Waals surface area contributed by atoms with E-state index in [0.717, 1.165) is 22.6 Å². The number of hydrogen-bond acceptors (Lipinski definition) is 6. The van der Waals surface area contributed by atoms with Crippen LogP contribution in [0.15, 0.2) is 42.5 Å². The maximum Gasteiger partial charge on any atom is 0.573 e.